The molecule has 0 rings (SSSR count). The predicted molar refractivity (Wildman–Crippen MR) is 60.3 cm³/mol. The first-order valence-corrected chi connectivity index (χ1v) is 7.64. The van der Waals surface area contributed by atoms with Crippen LogP contribution < -0.4 is 18.9 Å². The summed E-state index contributed by atoms with van der Waals surface area (Å²) >= 11 is 0. The molecule has 0 fully saturated rings. The maximum atomic E-state index is 4.95. The maximum Gasteiger partial charge on any atom is 1.00 e. The van der Waals surface area contributed by atoms with Crippen LogP contribution in [0.5, 0.6) is 0 Å². The number of nitrogens with zero attached hydrogens (tertiary/aromatic N) is 1. The van der Waals surface area contributed by atoms with Gasteiger partial charge in [0.15, 0.2) is 0 Å². The Bertz CT molecular complexity index is 153. The van der Waals surface area contributed by atoms with Crippen LogP contribution in [0.25, 0.3) is 4.98 Å². The fourth-order valence-electron chi connectivity index (χ4n) is 1.01. The Morgan fingerprint density at radius 3 is 1.23 bits per heavy atom. The summed E-state index contributed by atoms with van der Waals surface area (Å²) in [4.78, 5) is 4.95. The van der Waals surface area contributed by atoms with Gasteiger partial charge in [0.1, 0.15) is 0 Å². The zero-order chi connectivity index (χ0) is 10.2. The van der Waals surface area contributed by atoms with E-state index in [4.69, 9.17) is 4.98 Å². The molecular formula is C10H24LiNSi. The Labute approximate surface area is 97.3 Å². The Balaban J connectivity index is 0. The second kappa shape index (κ2) is 4.53. The zero-order valence-corrected chi connectivity index (χ0v) is 11.9. The summed E-state index contributed by atoms with van der Waals surface area (Å²) in [6, 6.07) is 0. The van der Waals surface area contributed by atoms with Crippen molar-refractivity contribution in [3.8, 4) is 0 Å². The molecule has 0 atom stereocenters. The van der Waals surface area contributed by atoms with Crippen molar-refractivity contribution in [3.63, 3.8) is 0 Å². The van der Waals surface area contributed by atoms with Gasteiger partial charge in [-0.25, -0.2) is 0 Å². The minimum Gasteiger partial charge on any atom is -0.659 e. The largest absolute Gasteiger partial charge is 1.00 e. The smallest absolute Gasteiger partial charge is 0.659 e. The van der Waals surface area contributed by atoms with E-state index in [0.29, 0.717) is 5.04 Å². The van der Waals surface area contributed by atoms with Gasteiger partial charge in [-0.3, -0.25) is 0 Å². The summed E-state index contributed by atoms with van der Waals surface area (Å²) < 4.78 is 0. The number of rotatable bonds is 1. The molecule has 0 aromatic rings. The first-order valence-electron chi connectivity index (χ1n) is 4.70. The molecule has 0 aromatic carbocycles. The average molecular weight is 193 g/mol. The summed E-state index contributed by atoms with van der Waals surface area (Å²) in [6.07, 6.45) is 0. The minimum absolute atomic E-state index is 0. The molecule has 0 aliphatic carbocycles. The molecule has 0 aromatic heterocycles. The molecular weight excluding hydrogens is 169 g/mol. The van der Waals surface area contributed by atoms with Gasteiger partial charge in [0.05, 0.1) is 0 Å². The van der Waals surface area contributed by atoms with E-state index in [1.54, 1.807) is 0 Å². The van der Waals surface area contributed by atoms with E-state index in [0.717, 1.165) is 0 Å². The Kier molecular flexibility index (Phi) is 5.65. The van der Waals surface area contributed by atoms with E-state index < -0.39 is 8.24 Å². The van der Waals surface area contributed by atoms with Crippen molar-refractivity contribution >= 4 is 8.24 Å². The van der Waals surface area contributed by atoms with E-state index in [1.807, 2.05) is 0 Å². The first kappa shape index (κ1) is 16.2. The Morgan fingerprint density at radius 1 is 0.846 bits per heavy atom. The summed E-state index contributed by atoms with van der Waals surface area (Å²) in [5.41, 5.74) is 0.128. The molecule has 0 amide bonds. The normalized spacial score (nSPS) is 13.8. The van der Waals surface area contributed by atoms with Gasteiger partial charge in [-0.15, -0.1) is 5.54 Å². The van der Waals surface area contributed by atoms with Crippen molar-refractivity contribution < 1.29 is 18.9 Å². The number of hydrogen-bond acceptors (Lipinski definition) is 0. The Morgan fingerprint density at radius 2 is 1.15 bits per heavy atom. The van der Waals surface area contributed by atoms with Gasteiger partial charge in [0.25, 0.3) is 0 Å². The van der Waals surface area contributed by atoms with Crippen molar-refractivity contribution in [3.05, 3.63) is 4.98 Å². The molecule has 13 heavy (non-hydrogen) atoms. The SMILES string of the molecule is CC(C)(C)[N-][Si](C)(C)C(C)(C)C.[Li+]. The molecule has 0 N–H and O–H groups in total. The predicted octanol–water partition coefficient (Wildman–Crippen LogP) is 1.17. The fourth-order valence-corrected chi connectivity index (χ4v) is 3.02. The Hall–Kier alpha value is 0.774. The van der Waals surface area contributed by atoms with Gasteiger partial charge in [-0.05, 0) is 0 Å². The third-order valence-corrected chi connectivity index (χ3v) is 7.35. The zero-order valence-electron chi connectivity index (χ0n) is 10.9. The maximum absolute atomic E-state index is 4.95. The van der Waals surface area contributed by atoms with Gasteiger partial charge in [-0.1, -0.05) is 67.9 Å². The molecule has 0 bridgehead atoms. The fraction of sp³-hybridized carbons (Fsp3) is 1.00. The monoisotopic (exact) mass is 193 g/mol. The molecule has 3 heteroatoms. The van der Waals surface area contributed by atoms with Gasteiger partial charge < -0.3 is 4.98 Å². The van der Waals surface area contributed by atoms with Crippen molar-refractivity contribution in [2.45, 2.75) is 65.2 Å². The summed E-state index contributed by atoms with van der Waals surface area (Å²) in [5.74, 6) is 0. The van der Waals surface area contributed by atoms with Crippen LogP contribution in [0, 0.1) is 0 Å². The topological polar surface area (TPSA) is 14.1 Å². The average Bonchev–Trinajstić information content (AvgIpc) is 1.52. The second-order valence-electron chi connectivity index (χ2n) is 6.09. The summed E-state index contributed by atoms with van der Waals surface area (Å²) in [5, 5.41) is 0.375. The molecule has 0 saturated heterocycles. The van der Waals surface area contributed by atoms with Crippen LogP contribution in [0.3, 0.4) is 0 Å². The van der Waals surface area contributed by atoms with Gasteiger partial charge in [0, 0.05) is 0 Å². The van der Waals surface area contributed by atoms with Crippen molar-refractivity contribution in [2.24, 2.45) is 0 Å². The van der Waals surface area contributed by atoms with Crippen LogP contribution in [-0.2, 0) is 0 Å². The molecule has 0 aliphatic heterocycles. The summed E-state index contributed by atoms with van der Waals surface area (Å²) in [7, 11) is -1.42. The van der Waals surface area contributed by atoms with Crippen LogP contribution in [0.1, 0.15) is 41.5 Å². The molecule has 0 unspecified atom stereocenters. The van der Waals surface area contributed by atoms with E-state index in [9.17, 15) is 0 Å². The minimum atomic E-state index is -1.42. The van der Waals surface area contributed by atoms with Crippen LogP contribution >= 0.6 is 0 Å². The molecule has 0 heterocycles. The van der Waals surface area contributed by atoms with Crippen molar-refractivity contribution in [1.82, 2.24) is 0 Å². The second-order valence-corrected chi connectivity index (χ2v) is 10.9. The van der Waals surface area contributed by atoms with Crippen LogP contribution in [0.2, 0.25) is 18.1 Å². The van der Waals surface area contributed by atoms with Crippen LogP contribution in [0.4, 0.5) is 0 Å². The van der Waals surface area contributed by atoms with Gasteiger partial charge in [-0.2, -0.15) is 0 Å². The van der Waals surface area contributed by atoms with Crippen LogP contribution in [-0.4, -0.2) is 13.8 Å². The molecule has 1 nitrogen and oxygen atoms in total. The van der Waals surface area contributed by atoms with Crippen molar-refractivity contribution in [1.29, 1.82) is 0 Å². The molecule has 0 radical (unpaired) electrons. The molecule has 0 saturated carbocycles. The van der Waals surface area contributed by atoms with Gasteiger partial charge >= 0.3 is 18.9 Å². The summed E-state index contributed by atoms with van der Waals surface area (Å²) in [6.45, 7) is 18.2. The molecule has 74 valence electrons. The third kappa shape index (κ3) is 5.96. The first-order chi connectivity index (χ1) is 4.96. The molecule has 0 aliphatic rings. The number of hydrogen-bond donors (Lipinski definition) is 0. The molecule has 0 spiro atoms. The standard InChI is InChI=1S/C10H24NSi.Li/c1-9(2,3)11-12(7,8)10(4,5)6;/h1-8H3;/q-1;+1. The van der Waals surface area contributed by atoms with E-state index in [-0.39, 0.29) is 24.4 Å². The third-order valence-electron chi connectivity index (χ3n) is 2.45. The van der Waals surface area contributed by atoms with Gasteiger partial charge in [0.2, 0.25) is 0 Å². The van der Waals surface area contributed by atoms with E-state index in [2.05, 4.69) is 54.6 Å². The van der Waals surface area contributed by atoms with E-state index >= 15 is 0 Å². The van der Waals surface area contributed by atoms with Crippen molar-refractivity contribution in [2.75, 3.05) is 0 Å². The van der Waals surface area contributed by atoms with E-state index in [1.165, 1.54) is 0 Å². The quantitative estimate of drug-likeness (QED) is 0.555. The van der Waals surface area contributed by atoms with Crippen LogP contribution in [0.15, 0.2) is 0 Å².